The van der Waals surface area contributed by atoms with Crippen LogP contribution in [0.15, 0.2) is 71.1 Å². The Morgan fingerprint density at radius 1 is 1.03 bits per heavy atom. The number of nitrogens with one attached hydrogen (secondary N) is 1. The SMILES string of the molecule is O=C(O)c1cccc(-c2ccc(CNC3CCN(Cc4ccccc4)CC3)o2)c1. The maximum absolute atomic E-state index is 11.1. The second-order valence-corrected chi connectivity index (χ2v) is 7.57. The highest BCUT2D eigenvalue weighted by Crippen LogP contribution is 2.23. The van der Waals surface area contributed by atoms with Crippen molar-refractivity contribution in [2.24, 2.45) is 0 Å². The largest absolute Gasteiger partial charge is 0.478 e. The topological polar surface area (TPSA) is 65.7 Å². The summed E-state index contributed by atoms with van der Waals surface area (Å²) in [5.41, 5.74) is 2.42. The summed E-state index contributed by atoms with van der Waals surface area (Å²) in [6.45, 7) is 3.89. The highest BCUT2D eigenvalue weighted by Gasteiger charge is 2.19. The molecule has 150 valence electrons. The molecule has 0 bridgehead atoms. The fourth-order valence-electron chi connectivity index (χ4n) is 3.82. The van der Waals surface area contributed by atoms with E-state index >= 15 is 0 Å². The molecule has 5 nitrogen and oxygen atoms in total. The molecule has 1 aromatic heterocycles. The lowest BCUT2D eigenvalue weighted by atomic mass is 10.0. The molecule has 2 heterocycles. The number of carboxylic acids is 1. The summed E-state index contributed by atoms with van der Waals surface area (Å²) in [6, 6.07) is 21.8. The molecular weight excluding hydrogens is 364 g/mol. The zero-order valence-electron chi connectivity index (χ0n) is 16.4. The first-order chi connectivity index (χ1) is 14.2. The van der Waals surface area contributed by atoms with Crippen LogP contribution in [-0.4, -0.2) is 35.1 Å². The summed E-state index contributed by atoms with van der Waals surface area (Å²) in [5.74, 6) is 0.633. The molecule has 0 radical (unpaired) electrons. The third kappa shape index (κ3) is 5.13. The smallest absolute Gasteiger partial charge is 0.335 e. The molecule has 1 aliphatic rings. The molecule has 3 aromatic rings. The lowest BCUT2D eigenvalue weighted by Gasteiger charge is -2.32. The number of aromatic carboxylic acids is 1. The van der Waals surface area contributed by atoms with Crippen molar-refractivity contribution < 1.29 is 14.3 Å². The normalized spacial score (nSPS) is 15.4. The quantitative estimate of drug-likeness (QED) is 0.626. The molecule has 2 N–H and O–H groups in total. The fraction of sp³-hybridized carbons (Fsp3) is 0.292. The van der Waals surface area contributed by atoms with E-state index < -0.39 is 5.97 Å². The molecule has 0 saturated carbocycles. The Balaban J connectivity index is 1.26. The highest BCUT2D eigenvalue weighted by atomic mass is 16.4. The predicted octanol–water partition coefficient (Wildman–Crippen LogP) is 4.40. The minimum Gasteiger partial charge on any atom is -0.478 e. The molecule has 5 heteroatoms. The van der Waals surface area contributed by atoms with E-state index in [1.54, 1.807) is 18.2 Å². The Hall–Kier alpha value is -2.89. The van der Waals surface area contributed by atoms with Gasteiger partial charge in [-0.25, -0.2) is 4.79 Å². The van der Waals surface area contributed by atoms with E-state index in [0.717, 1.165) is 43.8 Å². The standard InChI is InChI=1S/C24H26N2O3/c27-24(28)20-8-4-7-19(15-20)23-10-9-22(29-23)16-25-21-11-13-26(14-12-21)17-18-5-2-1-3-6-18/h1-10,15,21,25H,11-14,16-17H2,(H,27,28). The third-order valence-electron chi connectivity index (χ3n) is 5.46. The summed E-state index contributed by atoms with van der Waals surface area (Å²) < 4.78 is 5.93. The van der Waals surface area contributed by atoms with Gasteiger partial charge in [-0.3, -0.25) is 4.90 Å². The van der Waals surface area contributed by atoms with Gasteiger partial charge in [0.1, 0.15) is 11.5 Å². The van der Waals surface area contributed by atoms with Crippen molar-refractivity contribution in [3.8, 4) is 11.3 Å². The van der Waals surface area contributed by atoms with Crippen molar-refractivity contribution in [2.75, 3.05) is 13.1 Å². The number of furan rings is 1. The van der Waals surface area contributed by atoms with Crippen LogP contribution in [-0.2, 0) is 13.1 Å². The summed E-state index contributed by atoms with van der Waals surface area (Å²) in [6.07, 6.45) is 2.25. The number of carboxylic acid groups (broad SMARTS) is 1. The van der Waals surface area contributed by atoms with Crippen molar-refractivity contribution in [1.29, 1.82) is 0 Å². The van der Waals surface area contributed by atoms with Gasteiger partial charge in [0.25, 0.3) is 0 Å². The van der Waals surface area contributed by atoms with Gasteiger partial charge in [-0.2, -0.15) is 0 Å². The molecule has 4 rings (SSSR count). The van der Waals surface area contributed by atoms with Crippen molar-refractivity contribution in [3.05, 3.63) is 83.6 Å². The molecule has 1 fully saturated rings. The molecule has 1 saturated heterocycles. The summed E-state index contributed by atoms with van der Waals surface area (Å²) >= 11 is 0. The molecule has 0 spiro atoms. The highest BCUT2D eigenvalue weighted by molar-refractivity contribution is 5.89. The number of benzene rings is 2. The van der Waals surface area contributed by atoms with Crippen LogP contribution in [0, 0.1) is 0 Å². The van der Waals surface area contributed by atoms with E-state index in [0.29, 0.717) is 18.3 Å². The Morgan fingerprint density at radius 2 is 1.83 bits per heavy atom. The minimum absolute atomic E-state index is 0.265. The maximum atomic E-state index is 11.1. The molecule has 29 heavy (non-hydrogen) atoms. The van der Waals surface area contributed by atoms with Crippen LogP contribution < -0.4 is 5.32 Å². The number of hydrogen-bond acceptors (Lipinski definition) is 4. The Morgan fingerprint density at radius 3 is 2.59 bits per heavy atom. The van der Waals surface area contributed by atoms with Crippen LogP contribution in [0.25, 0.3) is 11.3 Å². The fourth-order valence-corrected chi connectivity index (χ4v) is 3.82. The van der Waals surface area contributed by atoms with Gasteiger partial charge in [-0.1, -0.05) is 42.5 Å². The lowest BCUT2D eigenvalue weighted by molar-refractivity contribution is 0.0697. The predicted molar refractivity (Wildman–Crippen MR) is 113 cm³/mol. The zero-order chi connectivity index (χ0) is 20.1. The van der Waals surface area contributed by atoms with Crippen LogP contribution in [0.3, 0.4) is 0 Å². The second kappa shape index (κ2) is 9.07. The number of likely N-dealkylation sites (tertiary alicyclic amines) is 1. The molecule has 0 unspecified atom stereocenters. The van der Waals surface area contributed by atoms with Gasteiger partial charge in [0.15, 0.2) is 0 Å². The third-order valence-corrected chi connectivity index (χ3v) is 5.46. The average molecular weight is 390 g/mol. The van der Waals surface area contributed by atoms with Crippen LogP contribution in [0.2, 0.25) is 0 Å². The van der Waals surface area contributed by atoms with Gasteiger partial charge in [0, 0.05) is 18.2 Å². The number of rotatable bonds is 7. The van der Waals surface area contributed by atoms with Crippen LogP contribution >= 0.6 is 0 Å². The molecule has 0 atom stereocenters. The van der Waals surface area contributed by atoms with Gasteiger partial charge >= 0.3 is 5.97 Å². The van der Waals surface area contributed by atoms with E-state index in [1.165, 1.54) is 5.56 Å². The molecule has 2 aromatic carbocycles. The van der Waals surface area contributed by atoms with Gasteiger partial charge in [0.2, 0.25) is 0 Å². The van der Waals surface area contributed by atoms with Crippen molar-refractivity contribution in [2.45, 2.75) is 32.0 Å². The van der Waals surface area contributed by atoms with Gasteiger partial charge < -0.3 is 14.8 Å². The van der Waals surface area contributed by atoms with Gasteiger partial charge in [-0.15, -0.1) is 0 Å². The van der Waals surface area contributed by atoms with E-state index in [2.05, 4.69) is 40.5 Å². The average Bonchev–Trinajstić information content (AvgIpc) is 3.23. The summed E-state index contributed by atoms with van der Waals surface area (Å²) in [4.78, 5) is 13.7. The van der Waals surface area contributed by atoms with Gasteiger partial charge in [0.05, 0.1) is 12.1 Å². The molecular formula is C24H26N2O3. The second-order valence-electron chi connectivity index (χ2n) is 7.57. The maximum Gasteiger partial charge on any atom is 0.335 e. The van der Waals surface area contributed by atoms with E-state index in [1.807, 2.05) is 18.2 Å². The number of carbonyl (C=O) groups is 1. The molecule has 0 amide bonds. The molecule has 0 aliphatic carbocycles. The van der Waals surface area contributed by atoms with E-state index in [-0.39, 0.29) is 5.56 Å². The van der Waals surface area contributed by atoms with E-state index in [9.17, 15) is 4.79 Å². The first-order valence-electron chi connectivity index (χ1n) is 10.1. The summed E-state index contributed by atoms with van der Waals surface area (Å²) in [5, 5.41) is 12.7. The van der Waals surface area contributed by atoms with Crippen molar-refractivity contribution in [1.82, 2.24) is 10.2 Å². The molecule has 1 aliphatic heterocycles. The Labute approximate surface area is 171 Å². The monoisotopic (exact) mass is 390 g/mol. The van der Waals surface area contributed by atoms with Gasteiger partial charge in [-0.05, 0) is 55.8 Å². The van der Waals surface area contributed by atoms with E-state index in [4.69, 9.17) is 9.52 Å². The first-order valence-corrected chi connectivity index (χ1v) is 10.1. The first kappa shape index (κ1) is 19.4. The minimum atomic E-state index is -0.932. The van der Waals surface area contributed by atoms with Crippen molar-refractivity contribution >= 4 is 5.97 Å². The number of hydrogen-bond donors (Lipinski definition) is 2. The Kier molecular flexibility index (Phi) is 6.08. The van der Waals surface area contributed by atoms with Crippen LogP contribution in [0.1, 0.15) is 34.5 Å². The summed E-state index contributed by atoms with van der Waals surface area (Å²) in [7, 11) is 0. The Bertz CT molecular complexity index is 944. The van der Waals surface area contributed by atoms with Crippen molar-refractivity contribution in [3.63, 3.8) is 0 Å². The number of piperidine rings is 1. The van der Waals surface area contributed by atoms with Crippen LogP contribution in [0.5, 0.6) is 0 Å². The zero-order valence-corrected chi connectivity index (χ0v) is 16.4. The number of nitrogens with zero attached hydrogens (tertiary/aromatic N) is 1. The van der Waals surface area contributed by atoms with Crippen LogP contribution in [0.4, 0.5) is 0 Å². The lowest BCUT2D eigenvalue weighted by Crippen LogP contribution is -2.41.